The van der Waals surface area contributed by atoms with E-state index in [1.54, 1.807) is 11.9 Å². The van der Waals surface area contributed by atoms with Crippen LogP contribution in [0.1, 0.15) is 37.7 Å². The number of aryl methyl sites for hydroxylation is 1. The maximum Gasteiger partial charge on any atom is 0.246 e. The average Bonchev–Trinajstić information content (AvgIpc) is 3.22. The molecule has 0 radical (unpaired) electrons. The molecule has 1 aliphatic heterocycles. The molecule has 166 valence electrons. The second-order valence-corrected chi connectivity index (χ2v) is 8.24. The summed E-state index contributed by atoms with van der Waals surface area (Å²) in [7, 11) is 5.31. The van der Waals surface area contributed by atoms with Gasteiger partial charge in [-0.15, -0.1) is 24.0 Å². The number of carbonyl (C=O) groups excluding carboxylic acids is 2. The fraction of sp³-hybridized carbons (Fsp3) is 0.591. The van der Waals surface area contributed by atoms with Gasteiger partial charge in [-0.25, -0.2) is 0 Å². The SMILES string of the molecule is CN=C(NCC(=O)N1CCCc2ccccc21)NCC1(C(=O)N(C)C)CCCC1.I. The quantitative estimate of drug-likeness (QED) is 0.351. The Bertz CT molecular complexity index is 775. The van der Waals surface area contributed by atoms with Gasteiger partial charge in [-0.2, -0.15) is 0 Å². The van der Waals surface area contributed by atoms with E-state index in [1.807, 2.05) is 37.2 Å². The molecule has 1 saturated carbocycles. The lowest BCUT2D eigenvalue weighted by Gasteiger charge is -2.32. The normalized spacial score (nSPS) is 17.6. The number of rotatable bonds is 5. The highest BCUT2D eigenvalue weighted by molar-refractivity contribution is 14.0. The summed E-state index contributed by atoms with van der Waals surface area (Å²) in [5.74, 6) is 0.750. The number of nitrogens with one attached hydrogen (secondary N) is 2. The highest BCUT2D eigenvalue weighted by atomic mass is 127. The van der Waals surface area contributed by atoms with Crippen LogP contribution in [-0.4, -0.2) is 63.5 Å². The highest BCUT2D eigenvalue weighted by Crippen LogP contribution is 2.38. The number of guanidine groups is 1. The molecule has 0 bridgehead atoms. The fourth-order valence-electron chi connectivity index (χ4n) is 4.51. The Kier molecular flexibility index (Phi) is 8.93. The minimum Gasteiger partial charge on any atom is -0.355 e. The van der Waals surface area contributed by atoms with E-state index < -0.39 is 0 Å². The van der Waals surface area contributed by atoms with Crippen LogP contribution in [0.15, 0.2) is 29.3 Å². The van der Waals surface area contributed by atoms with E-state index in [0.29, 0.717) is 12.5 Å². The van der Waals surface area contributed by atoms with Crippen molar-refractivity contribution in [3.63, 3.8) is 0 Å². The van der Waals surface area contributed by atoms with Crippen molar-refractivity contribution in [3.8, 4) is 0 Å². The molecule has 30 heavy (non-hydrogen) atoms. The van der Waals surface area contributed by atoms with Gasteiger partial charge in [0.05, 0.1) is 12.0 Å². The molecule has 3 rings (SSSR count). The molecule has 1 aromatic rings. The van der Waals surface area contributed by atoms with Crippen molar-refractivity contribution in [2.45, 2.75) is 38.5 Å². The molecule has 0 unspecified atom stereocenters. The molecule has 2 amide bonds. The first-order valence-electron chi connectivity index (χ1n) is 10.5. The lowest BCUT2D eigenvalue weighted by Crippen LogP contribution is -2.51. The summed E-state index contributed by atoms with van der Waals surface area (Å²) >= 11 is 0. The lowest BCUT2D eigenvalue weighted by atomic mass is 9.84. The number of fused-ring (bicyclic) bond motifs is 1. The van der Waals surface area contributed by atoms with Crippen LogP contribution in [0.4, 0.5) is 5.69 Å². The topological polar surface area (TPSA) is 77.0 Å². The van der Waals surface area contributed by atoms with Crippen molar-refractivity contribution < 1.29 is 9.59 Å². The van der Waals surface area contributed by atoms with Crippen LogP contribution >= 0.6 is 24.0 Å². The Hall–Kier alpha value is -1.84. The van der Waals surface area contributed by atoms with Crippen LogP contribution in [-0.2, 0) is 16.0 Å². The molecule has 8 heteroatoms. The van der Waals surface area contributed by atoms with E-state index in [0.717, 1.165) is 50.8 Å². The number of nitrogens with zero attached hydrogens (tertiary/aromatic N) is 3. The van der Waals surface area contributed by atoms with Crippen LogP contribution in [0.5, 0.6) is 0 Å². The van der Waals surface area contributed by atoms with Gasteiger partial charge in [-0.1, -0.05) is 31.0 Å². The Morgan fingerprint density at radius 2 is 1.83 bits per heavy atom. The van der Waals surface area contributed by atoms with Gasteiger partial charge >= 0.3 is 0 Å². The summed E-state index contributed by atoms with van der Waals surface area (Å²) in [6.07, 6.45) is 5.90. The Balaban J connectivity index is 0.00000320. The second kappa shape index (κ2) is 11.0. The zero-order valence-electron chi connectivity index (χ0n) is 18.2. The predicted molar refractivity (Wildman–Crippen MR) is 131 cm³/mol. The van der Waals surface area contributed by atoms with Crippen LogP contribution in [0.25, 0.3) is 0 Å². The molecule has 1 fully saturated rings. The smallest absolute Gasteiger partial charge is 0.246 e. The first-order chi connectivity index (χ1) is 14.0. The number of amides is 2. The summed E-state index contributed by atoms with van der Waals surface area (Å²) < 4.78 is 0. The van der Waals surface area contributed by atoms with Gasteiger partial charge in [0.15, 0.2) is 5.96 Å². The van der Waals surface area contributed by atoms with Crippen molar-refractivity contribution >= 4 is 47.4 Å². The largest absolute Gasteiger partial charge is 0.355 e. The molecule has 1 heterocycles. The summed E-state index contributed by atoms with van der Waals surface area (Å²) in [5, 5.41) is 6.42. The van der Waals surface area contributed by atoms with E-state index in [-0.39, 0.29) is 47.8 Å². The van der Waals surface area contributed by atoms with Gasteiger partial charge in [0.25, 0.3) is 0 Å². The van der Waals surface area contributed by atoms with Crippen molar-refractivity contribution in [3.05, 3.63) is 29.8 Å². The maximum atomic E-state index is 12.8. The average molecular weight is 527 g/mol. The highest BCUT2D eigenvalue weighted by Gasteiger charge is 2.42. The Morgan fingerprint density at radius 1 is 1.13 bits per heavy atom. The molecular formula is C22H34IN5O2. The number of halogens is 1. The molecule has 1 aromatic carbocycles. The third-order valence-corrected chi connectivity index (χ3v) is 6.06. The Morgan fingerprint density at radius 3 is 2.50 bits per heavy atom. The number of hydrogen-bond donors (Lipinski definition) is 2. The monoisotopic (exact) mass is 527 g/mol. The van der Waals surface area contributed by atoms with Crippen molar-refractivity contribution in [2.24, 2.45) is 10.4 Å². The molecule has 2 N–H and O–H groups in total. The van der Waals surface area contributed by atoms with E-state index in [2.05, 4.69) is 21.7 Å². The number of aliphatic imine (C=N–C) groups is 1. The fourth-order valence-corrected chi connectivity index (χ4v) is 4.51. The first-order valence-corrected chi connectivity index (χ1v) is 10.5. The van der Waals surface area contributed by atoms with Crippen LogP contribution in [0, 0.1) is 5.41 Å². The number of benzene rings is 1. The molecule has 7 nitrogen and oxygen atoms in total. The first kappa shape index (κ1) is 24.4. The van der Waals surface area contributed by atoms with Crippen molar-refractivity contribution in [1.29, 1.82) is 0 Å². The minimum atomic E-state index is -0.378. The number of para-hydroxylation sites is 1. The van der Waals surface area contributed by atoms with Gasteiger partial charge < -0.3 is 20.4 Å². The second-order valence-electron chi connectivity index (χ2n) is 8.24. The van der Waals surface area contributed by atoms with Crippen LogP contribution < -0.4 is 15.5 Å². The van der Waals surface area contributed by atoms with Gasteiger partial charge in [-0.3, -0.25) is 14.6 Å². The van der Waals surface area contributed by atoms with Crippen molar-refractivity contribution in [1.82, 2.24) is 15.5 Å². The third kappa shape index (κ3) is 5.44. The van der Waals surface area contributed by atoms with Gasteiger partial charge in [0.2, 0.25) is 11.8 Å². The van der Waals surface area contributed by atoms with Gasteiger partial charge in [0, 0.05) is 39.9 Å². The standard InChI is InChI=1S/C22H33N5O2.HI/c1-23-21(25-16-22(12-6-7-13-22)20(29)26(2)3)24-15-19(28)27-14-8-10-17-9-4-5-11-18(17)27;/h4-5,9,11H,6-8,10,12-16H2,1-3H3,(H2,23,24,25);1H. The zero-order chi connectivity index (χ0) is 20.9. The molecule has 0 atom stereocenters. The van der Waals surface area contributed by atoms with Crippen LogP contribution in [0.3, 0.4) is 0 Å². The maximum absolute atomic E-state index is 12.8. The molecule has 0 spiro atoms. The predicted octanol–water partition coefficient (Wildman–Crippen LogP) is 2.40. The minimum absolute atomic E-state index is 0. The molecule has 0 aromatic heterocycles. The molecule has 2 aliphatic rings. The summed E-state index contributed by atoms with van der Waals surface area (Å²) in [4.78, 5) is 33.3. The van der Waals surface area contributed by atoms with E-state index >= 15 is 0 Å². The summed E-state index contributed by atoms with van der Waals surface area (Å²) in [6.45, 7) is 1.44. The van der Waals surface area contributed by atoms with Crippen LogP contribution in [0.2, 0.25) is 0 Å². The third-order valence-electron chi connectivity index (χ3n) is 6.06. The summed E-state index contributed by atoms with van der Waals surface area (Å²) in [6, 6.07) is 8.09. The lowest BCUT2D eigenvalue weighted by molar-refractivity contribution is -0.138. The summed E-state index contributed by atoms with van der Waals surface area (Å²) in [5.41, 5.74) is 1.85. The van der Waals surface area contributed by atoms with E-state index in [4.69, 9.17) is 0 Å². The van der Waals surface area contributed by atoms with Gasteiger partial charge in [-0.05, 0) is 37.3 Å². The number of carbonyl (C=O) groups is 2. The number of hydrogen-bond acceptors (Lipinski definition) is 3. The molecule has 0 saturated heterocycles. The van der Waals surface area contributed by atoms with E-state index in [9.17, 15) is 9.59 Å². The Labute approximate surface area is 196 Å². The van der Waals surface area contributed by atoms with E-state index in [1.165, 1.54) is 5.56 Å². The molecule has 1 aliphatic carbocycles. The number of anilines is 1. The zero-order valence-corrected chi connectivity index (χ0v) is 20.6. The molecular weight excluding hydrogens is 493 g/mol. The van der Waals surface area contributed by atoms with Crippen molar-refractivity contribution in [2.75, 3.05) is 45.7 Å². The van der Waals surface area contributed by atoms with Gasteiger partial charge in [0.1, 0.15) is 0 Å².